The van der Waals surface area contributed by atoms with E-state index in [2.05, 4.69) is 27.4 Å². The molecule has 5 nitrogen and oxygen atoms in total. The molecular formula is C17H21ClN4O. The molecule has 1 aliphatic heterocycles. The molecule has 6 heteroatoms. The van der Waals surface area contributed by atoms with Gasteiger partial charge in [0.2, 0.25) is 5.91 Å². The minimum atomic E-state index is -0.0311. The van der Waals surface area contributed by atoms with Crippen molar-refractivity contribution in [2.45, 2.75) is 32.0 Å². The SMILES string of the molecule is O=C(NCCn1cc(Cl)cn1)C1CCCN1Cc1ccccc1. The van der Waals surface area contributed by atoms with Crippen molar-refractivity contribution in [1.29, 1.82) is 0 Å². The van der Waals surface area contributed by atoms with E-state index in [0.29, 0.717) is 18.1 Å². The monoisotopic (exact) mass is 332 g/mol. The summed E-state index contributed by atoms with van der Waals surface area (Å²) in [6, 6.07) is 10.3. The summed E-state index contributed by atoms with van der Waals surface area (Å²) < 4.78 is 1.74. The van der Waals surface area contributed by atoms with E-state index >= 15 is 0 Å². The molecule has 122 valence electrons. The molecule has 0 radical (unpaired) electrons. The van der Waals surface area contributed by atoms with Gasteiger partial charge in [-0.05, 0) is 24.9 Å². The summed E-state index contributed by atoms with van der Waals surface area (Å²) in [5.74, 6) is 0.108. The van der Waals surface area contributed by atoms with Gasteiger partial charge in [-0.3, -0.25) is 14.4 Å². The second-order valence-corrected chi connectivity index (χ2v) is 6.26. The lowest BCUT2D eigenvalue weighted by molar-refractivity contribution is -0.125. The van der Waals surface area contributed by atoms with E-state index in [1.54, 1.807) is 17.1 Å². The minimum absolute atomic E-state index is 0.0311. The second-order valence-electron chi connectivity index (χ2n) is 5.83. The molecule has 0 spiro atoms. The van der Waals surface area contributed by atoms with Gasteiger partial charge >= 0.3 is 0 Å². The highest BCUT2D eigenvalue weighted by molar-refractivity contribution is 6.30. The Bertz CT molecular complexity index is 643. The van der Waals surface area contributed by atoms with Crippen molar-refractivity contribution in [3.63, 3.8) is 0 Å². The van der Waals surface area contributed by atoms with Crippen LogP contribution in [-0.4, -0.2) is 39.7 Å². The highest BCUT2D eigenvalue weighted by atomic mass is 35.5. The van der Waals surface area contributed by atoms with Gasteiger partial charge in [0.05, 0.1) is 23.8 Å². The van der Waals surface area contributed by atoms with Gasteiger partial charge in [-0.15, -0.1) is 0 Å². The van der Waals surface area contributed by atoms with Crippen LogP contribution in [-0.2, 0) is 17.9 Å². The van der Waals surface area contributed by atoms with Crippen molar-refractivity contribution in [2.75, 3.05) is 13.1 Å². The fourth-order valence-electron chi connectivity index (χ4n) is 3.00. The topological polar surface area (TPSA) is 50.2 Å². The molecule has 0 aliphatic carbocycles. The van der Waals surface area contributed by atoms with Crippen LogP contribution >= 0.6 is 11.6 Å². The molecule has 2 heterocycles. The molecule has 1 amide bonds. The van der Waals surface area contributed by atoms with Crippen molar-refractivity contribution in [3.8, 4) is 0 Å². The van der Waals surface area contributed by atoms with Crippen LogP contribution in [0.2, 0.25) is 5.02 Å². The number of likely N-dealkylation sites (tertiary alicyclic amines) is 1. The Hall–Kier alpha value is -1.85. The molecule has 1 aromatic heterocycles. The number of benzene rings is 1. The molecule has 2 aromatic rings. The van der Waals surface area contributed by atoms with E-state index in [1.807, 2.05) is 18.2 Å². The van der Waals surface area contributed by atoms with Crippen LogP contribution in [0.25, 0.3) is 0 Å². The number of hydrogen-bond donors (Lipinski definition) is 1. The second kappa shape index (κ2) is 7.62. The van der Waals surface area contributed by atoms with E-state index in [1.165, 1.54) is 5.56 Å². The Balaban J connectivity index is 1.49. The molecule has 1 atom stereocenters. The third kappa shape index (κ3) is 4.33. The van der Waals surface area contributed by atoms with Gasteiger partial charge in [-0.1, -0.05) is 41.9 Å². The maximum atomic E-state index is 12.4. The molecule has 0 bridgehead atoms. The summed E-state index contributed by atoms with van der Waals surface area (Å²) in [7, 11) is 0. The van der Waals surface area contributed by atoms with Crippen molar-refractivity contribution in [2.24, 2.45) is 0 Å². The van der Waals surface area contributed by atoms with Crippen molar-refractivity contribution in [3.05, 3.63) is 53.3 Å². The van der Waals surface area contributed by atoms with Crippen LogP contribution in [0.3, 0.4) is 0 Å². The van der Waals surface area contributed by atoms with E-state index in [-0.39, 0.29) is 11.9 Å². The van der Waals surface area contributed by atoms with Crippen molar-refractivity contribution < 1.29 is 4.79 Å². The zero-order valence-electron chi connectivity index (χ0n) is 13.0. The van der Waals surface area contributed by atoms with Crippen LogP contribution in [0.1, 0.15) is 18.4 Å². The number of hydrogen-bond acceptors (Lipinski definition) is 3. The standard InChI is InChI=1S/C17H21ClN4O/c18-15-11-20-22(13-15)10-8-19-17(23)16-7-4-9-21(16)12-14-5-2-1-3-6-14/h1-3,5-6,11,13,16H,4,7-10,12H2,(H,19,23). The summed E-state index contributed by atoms with van der Waals surface area (Å²) in [5, 5.41) is 7.73. The Morgan fingerprint density at radius 2 is 2.17 bits per heavy atom. The largest absolute Gasteiger partial charge is 0.353 e. The smallest absolute Gasteiger partial charge is 0.237 e. The lowest BCUT2D eigenvalue weighted by Gasteiger charge is -2.23. The van der Waals surface area contributed by atoms with E-state index < -0.39 is 0 Å². The van der Waals surface area contributed by atoms with E-state index in [4.69, 9.17) is 11.6 Å². The van der Waals surface area contributed by atoms with E-state index in [9.17, 15) is 4.79 Å². The summed E-state index contributed by atoms with van der Waals surface area (Å²) in [6.45, 7) is 2.99. The number of carbonyl (C=O) groups excluding carboxylic acids is 1. The predicted octanol–water partition coefficient (Wildman–Crippen LogP) is 2.32. The van der Waals surface area contributed by atoms with Gasteiger partial charge in [-0.2, -0.15) is 5.10 Å². The zero-order chi connectivity index (χ0) is 16.1. The maximum Gasteiger partial charge on any atom is 0.237 e. The molecule has 0 saturated carbocycles. The van der Waals surface area contributed by atoms with Crippen LogP contribution < -0.4 is 5.32 Å². The van der Waals surface area contributed by atoms with Crippen LogP contribution in [0, 0.1) is 0 Å². The summed E-state index contributed by atoms with van der Waals surface area (Å²) in [6.07, 6.45) is 5.35. The Morgan fingerprint density at radius 1 is 1.35 bits per heavy atom. The number of amides is 1. The first-order chi connectivity index (χ1) is 11.2. The Kier molecular flexibility index (Phi) is 5.31. The predicted molar refractivity (Wildman–Crippen MR) is 90.1 cm³/mol. The molecule has 1 unspecified atom stereocenters. The summed E-state index contributed by atoms with van der Waals surface area (Å²) in [5.41, 5.74) is 1.25. The number of carbonyl (C=O) groups is 1. The fraction of sp³-hybridized carbons (Fsp3) is 0.412. The van der Waals surface area contributed by atoms with Crippen molar-refractivity contribution >= 4 is 17.5 Å². The molecular weight excluding hydrogens is 312 g/mol. The van der Waals surface area contributed by atoms with Gasteiger partial charge in [0.15, 0.2) is 0 Å². The first kappa shape index (κ1) is 16.0. The molecule has 1 saturated heterocycles. The summed E-state index contributed by atoms with van der Waals surface area (Å²) >= 11 is 5.82. The number of nitrogens with one attached hydrogen (secondary N) is 1. The third-order valence-electron chi connectivity index (χ3n) is 4.14. The number of aromatic nitrogens is 2. The molecule has 1 fully saturated rings. The van der Waals surface area contributed by atoms with Gasteiger partial charge < -0.3 is 5.32 Å². The van der Waals surface area contributed by atoms with Gasteiger partial charge in [0, 0.05) is 19.3 Å². The molecule has 1 N–H and O–H groups in total. The van der Waals surface area contributed by atoms with Gasteiger partial charge in [0.1, 0.15) is 0 Å². The zero-order valence-corrected chi connectivity index (χ0v) is 13.7. The lowest BCUT2D eigenvalue weighted by Crippen LogP contribution is -2.43. The highest BCUT2D eigenvalue weighted by Crippen LogP contribution is 2.20. The number of nitrogens with zero attached hydrogens (tertiary/aromatic N) is 3. The quantitative estimate of drug-likeness (QED) is 0.883. The normalized spacial score (nSPS) is 18.2. The third-order valence-corrected chi connectivity index (χ3v) is 4.33. The maximum absolute atomic E-state index is 12.4. The van der Waals surface area contributed by atoms with Gasteiger partial charge in [0.25, 0.3) is 0 Å². The van der Waals surface area contributed by atoms with Gasteiger partial charge in [-0.25, -0.2) is 0 Å². The number of halogens is 1. The average Bonchev–Trinajstić information content (AvgIpc) is 3.17. The molecule has 3 rings (SSSR count). The minimum Gasteiger partial charge on any atom is -0.353 e. The summed E-state index contributed by atoms with van der Waals surface area (Å²) in [4.78, 5) is 14.7. The first-order valence-electron chi connectivity index (χ1n) is 7.96. The first-order valence-corrected chi connectivity index (χ1v) is 8.34. The lowest BCUT2D eigenvalue weighted by atomic mass is 10.1. The Morgan fingerprint density at radius 3 is 2.91 bits per heavy atom. The molecule has 1 aromatic carbocycles. The van der Waals surface area contributed by atoms with Crippen LogP contribution in [0.15, 0.2) is 42.7 Å². The Labute approximate surface area is 141 Å². The fourth-order valence-corrected chi connectivity index (χ4v) is 3.16. The molecule has 23 heavy (non-hydrogen) atoms. The number of rotatable bonds is 6. The molecule has 1 aliphatic rings. The van der Waals surface area contributed by atoms with E-state index in [0.717, 1.165) is 25.9 Å². The van der Waals surface area contributed by atoms with Crippen LogP contribution in [0.5, 0.6) is 0 Å². The van der Waals surface area contributed by atoms with Crippen LogP contribution in [0.4, 0.5) is 0 Å². The highest BCUT2D eigenvalue weighted by Gasteiger charge is 2.30. The van der Waals surface area contributed by atoms with Crippen molar-refractivity contribution in [1.82, 2.24) is 20.0 Å². The average molecular weight is 333 g/mol.